The van der Waals surface area contributed by atoms with E-state index in [0.717, 1.165) is 43.7 Å². The fourth-order valence-electron chi connectivity index (χ4n) is 4.87. The van der Waals surface area contributed by atoms with Gasteiger partial charge in [-0.3, -0.25) is 14.5 Å². The Kier molecular flexibility index (Phi) is 8.46. The molecule has 0 aromatic heterocycles. The number of amides is 1. The largest absolute Gasteiger partial charge is 0.493 e. The zero-order valence-corrected chi connectivity index (χ0v) is 22.0. The van der Waals surface area contributed by atoms with E-state index >= 15 is 0 Å². The van der Waals surface area contributed by atoms with Crippen LogP contribution < -0.4 is 14.4 Å². The maximum atomic E-state index is 13.4. The predicted octanol–water partition coefficient (Wildman–Crippen LogP) is 4.67. The molecule has 0 aliphatic carbocycles. The molecular weight excluding hydrogens is 466 g/mol. The molecule has 1 aliphatic heterocycles. The van der Waals surface area contributed by atoms with Crippen molar-refractivity contribution in [3.05, 3.63) is 89.0 Å². The molecule has 0 bridgehead atoms. The number of piperazine rings is 1. The van der Waals surface area contributed by atoms with Gasteiger partial charge in [0.25, 0.3) is 5.91 Å². The van der Waals surface area contributed by atoms with E-state index in [1.54, 1.807) is 32.2 Å². The molecule has 37 heavy (non-hydrogen) atoms. The monoisotopic (exact) mass is 501 g/mol. The van der Waals surface area contributed by atoms with Gasteiger partial charge in [0, 0.05) is 57.1 Å². The van der Waals surface area contributed by atoms with Crippen LogP contribution in [0.3, 0.4) is 0 Å². The van der Waals surface area contributed by atoms with Crippen molar-refractivity contribution in [2.45, 2.75) is 19.5 Å². The van der Waals surface area contributed by atoms with Gasteiger partial charge in [-0.2, -0.15) is 0 Å². The molecule has 7 nitrogen and oxygen atoms in total. The summed E-state index contributed by atoms with van der Waals surface area (Å²) in [6.45, 7) is 6.17. The first-order valence-electron chi connectivity index (χ1n) is 12.5. The van der Waals surface area contributed by atoms with Gasteiger partial charge in [0.15, 0.2) is 17.8 Å². The quantitative estimate of drug-likeness (QED) is 0.397. The number of anilines is 1. The van der Waals surface area contributed by atoms with Crippen molar-refractivity contribution < 1.29 is 19.1 Å². The predicted molar refractivity (Wildman–Crippen MR) is 146 cm³/mol. The molecule has 7 heteroatoms. The summed E-state index contributed by atoms with van der Waals surface area (Å²) in [5.41, 5.74) is 3.98. The second-order valence-corrected chi connectivity index (χ2v) is 9.35. The molecule has 0 saturated carbocycles. The van der Waals surface area contributed by atoms with Crippen LogP contribution in [0.25, 0.3) is 0 Å². The minimum absolute atomic E-state index is 0.199. The van der Waals surface area contributed by atoms with Crippen LogP contribution in [0.1, 0.15) is 44.8 Å². The fourth-order valence-corrected chi connectivity index (χ4v) is 4.87. The summed E-state index contributed by atoms with van der Waals surface area (Å²) in [4.78, 5) is 31.6. The number of hydrogen-bond acceptors (Lipinski definition) is 6. The third kappa shape index (κ3) is 5.94. The molecule has 0 unspecified atom stereocenters. The standard InChI is InChI=1S/C30H35N3O4/c1-22(24-8-6-5-7-9-24)32-14-16-33(17-15-32)26-12-11-25(21-34)27(19-26)30(35)31(2)20-23-10-13-28(36-3)29(18-23)37-4/h5-13,18-19,21-22H,14-17,20H2,1-4H3/t22-/m1/s1. The van der Waals surface area contributed by atoms with Crippen molar-refractivity contribution in [1.82, 2.24) is 9.80 Å². The molecular formula is C30H35N3O4. The van der Waals surface area contributed by atoms with Crippen LogP contribution in [0.4, 0.5) is 5.69 Å². The number of nitrogens with zero attached hydrogens (tertiary/aromatic N) is 3. The number of aldehydes is 1. The van der Waals surface area contributed by atoms with Gasteiger partial charge in [0.1, 0.15) is 0 Å². The number of hydrogen-bond donors (Lipinski definition) is 0. The van der Waals surface area contributed by atoms with Gasteiger partial charge in [-0.05, 0) is 48.4 Å². The van der Waals surface area contributed by atoms with Crippen LogP contribution in [0.2, 0.25) is 0 Å². The summed E-state index contributed by atoms with van der Waals surface area (Å²) >= 11 is 0. The highest BCUT2D eigenvalue weighted by Crippen LogP contribution is 2.29. The highest BCUT2D eigenvalue weighted by Gasteiger charge is 2.24. The Morgan fingerprint density at radius 1 is 0.946 bits per heavy atom. The van der Waals surface area contributed by atoms with Gasteiger partial charge in [0.05, 0.1) is 19.8 Å². The Labute approximate surface area is 219 Å². The average Bonchev–Trinajstić information content (AvgIpc) is 2.96. The van der Waals surface area contributed by atoms with Crippen molar-refractivity contribution in [2.24, 2.45) is 0 Å². The van der Waals surface area contributed by atoms with Crippen molar-refractivity contribution in [3.8, 4) is 11.5 Å². The first-order chi connectivity index (χ1) is 17.9. The summed E-state index contributed by atoms with van der Waals surface area (Å²) in [7, 11) is 4.91. The lowest BCUT2D eigenvalue weighted by atomic mass is 10.0. The van der Waals surface area contributed by atoms with Gasteiger partial charge in [0.2, 0.25) is 0 Å². The number of rotatable bonds is 9. The summed E-state index contributed by atoms with van der Waals surface area (Å²) < 4.78 is 10.7. The molecule has 194 valence electrons. The van der Waals surface area contributed by atoms with Crippen LogP contribution >= 0.6 is 0 Å². The molecule has 3 aromatic carbocycles. The number of carbonyl (C=O) groups is 2. The van der Waals surface area contributed by atoms with Gasteiger partial charge in [-0.25, -0.2) is 0 Å². The minimum Gasteiger partial charge on any atom is -0.493 e. The third-order valence-corrected chi connectivity index (χ3v) is 7.12. The zero-order chi connectivity index (χ0) is 26.4. The molecule has 0 radical (unpaired) electrons. The summed E-state index contributed by atoms with van der Waals surface area (Å²) in [6.07, 6.45) is 0.751. The van der Waals surface area contributed by atoms with E-state index in [-0.39, 0.29) is 5.91 Å². The molecule has 1 fully saturated rings. The lowest BCUT2D eigenvalue weighted by molar-refractivity contribution is 0.0782. The van der Waals surface area contributed by atoms with Crippen molar-refractivity contribution >= 4 is 17.9 Å². The van der Waals surface area contributed by atoms with Crippen LogP contribution in [-0.2, 0) is 6.54 Å². The van der Waals surface area contributed by atoms with Crippen LogP contribution in [0.5, 0.6) is 11.5 Å². The number of carbonyl (C=O) groups excluding carboxylic acids is 2. The van der Waals surface area contributed by atoms with Gasteiger partial charge in [-0.15, -0.1) is 0 Å². The first-order valence-corrected chi connectivity index (χ1v) is 12.5. The molecule has 1 saturated heterocycles. The molecule has 1 atom stereocenters. The number of ether oxygens (including phenoxy) is 2. The van der Waals surface area contributed by atoms with Crippen molar-refractivity contribution in [2.75, 3.05) is 52.3 Å². The smallest absolute Gasteiger partial charge is 0.254 e. The molecule has 1 amide bonds. The topological polar surface area (TPSA) is 62.3 Å². The van der Waals surface area contributed by atoms with Crippen molar-refractivity contribution in [3.63, 3.8) is 0 Å². The number of benzene rings is 3. The second-order valence-electron chi connectivity index (χ2n) is 9.35. The van der Waals surface area contributed by atoms with E-state index in [4.69, 9.17) is 9.47 Å². The maximum Gasteiger partial charge on any atom is 0.254 e. The highest BCUT2D eigenvalue weighted by atomic mass is 16.5. The fraction of sp³-hybridized carbons (Fsp3) is 0.333. The Morgan fingerprint density at radius 3 is 2.30 bits per heavy atom. The molecule has 0 N–H and O–H groups in total. The van der Waals surface area contributed by atoms with E-state index in [0.29, 0.717) is 35.2 Å². The van der Waals surface area contributed by atoms with E-state index in [2.05, 4.69) is 41.0 Å². The Bertz CT molecular complexity index is 1220. The summed E-state index contributed by atoms with van der Waals surface area (Å²) in [6, 6.07) is 22.0. The molecule has 1 aliphatic rings. The van der Waals surface area contributed by atoms with E-state index in [1.807, 2.05) is 36.4 Å². The van der Waals surface area contributed by atoms with E-state index in [9.17, 15) is 9.59 Å². The average molecular weight is 502 g/mol. The maximum absolute atomic E-state index is 13.4. The summed E-state index contributed by atoms with van der Waals surface area (Å²) in [5.74, 6) is 1.04. The van der Waals surface area contributed by atoms with Gasteiger partial charge >= 0.3 is 0 Å². The van der Waals surface area contributed by atoms with Gasteiger partial charge in [-0.1, -0.05) is 36.4 Å². The highest BCUT2D eigenvalue weighted by molar-refractivity contribution is 6.02. The molecule has 0 spiro atoms. The second kappa shape index (κ2) is 11.9. The van der Waals surface area contributed by atoms with Gasteiger partial charge < -0.3 is 19.3 Å². The molecule has 4 rings (SSSR count). The van der Waals surface area contributed by atoms with Crippen LogP contribution in [0.15, 0.2) is 66.7 Å². The molecule has 3 aromatic rings. The Morgan fingerprint density at radius 2 is 1.65 bits per heavy atom. The van der Waals surface area contributed by atoms with Crippen molar-refractivity contribution in [1.29, 1.82) is 0 Å². The Hall–Kier alpha value is -3.84. The first kappa shape index (κ1) is 26.2. The van der Waals surface area contributed by atoms with Crippen LogP contribution in [0, 0.1) is 0 Å². The number of methoxy groups -OCH3 is 2. The lowest BCUT2D eigenvalue weighted by Gasteiger charge is -2.39. The minimum atomic E-state index is -0.199. The van der Waals surface area contributed by atoms with E-state index < -0.39 is 0 Å². The van der Waals surface area contributed by atoms with E-state index in [1.165, 1.54) is 5.56 Å². The lowest BCUT2D eigenvalue weighted by Crippen LogP contribution is -2.47. The zero-order valence-electron chi connectivity index (χ0n) is 22.0. The van der Waals surface area contributed by atoms with Crippen LogP contribution in [-0.4, -0.2) is 69.4 Å². The SMILES string of the molecule is COc1ccc(CN(C)C(=O)c2cc(N3CCN([C@H](C)c4ccccc4)CC3)ccc2C=O)cc1OC. The summed E-state index contributed by atoms with van der Waals surface area (Å²) in [5, 5.41) is 0. The third-order valence-electron chi connectivity index (χ3n) is 7.12. The molecule has 1 heterocycles. The normalized spacial score (nSPS) is 14.6. The Balaban J connectivity index is 1.46.